The van der Waals surface area contributed by atoms with Gasteiger partial charge in [-0.2, -0.15) is 5.10 Å². The van der Waals surface area contributed by atoms with Crippen molar-refractivity contribution in [3.63, 3.8) is 0 Å². The van der Waals surface area contributed by atoms with Crippen LogP contribution in [0.4, 0.5) is 5.95 Å². The molecule has 1 saturated heterocycles. The molecule has 1 aliphatic heterocycles. The van der Waals surface area contributed by atoms with Gasteiger partial charge in [-0.3, -0.25) is 15.4 Å². The van der Waals surface area contributed by atoms with E-state index in [1.807, 2.05) is 0 Å². The number of carbonyl (C=O) groups excluding carboxylic acids is 1. The van der Waals surface area contributed by atoms with Gasteiger partial charge < -0.3 is 0 Å². The van der Waals surface area contributed by atoms with E-state index in [0.29, 0.717) is 0 Å². The van der Waals surface area contributed by atoms with Crippen LogP contribution in [0.15, 0.2) is 12.4 Å². The smallest absolute Gasteiger partial charge is 0.249 e. The monoisotopic (exact) mass is 211 g/mol. The van der Waals surface area contributed by atoms with Gasteiger partial charge in [0, 0.05) is 11.6 Å². The number of nitrogens with one attached hydrogen (secondary N) is 2. The summed E-state index contributed by atoms with van der Waals surface area (Å²) in [5.41, 5.74) is 0. The molecule has 2 heterocycles. The normalized spacial score (nSPS) is 20.7. The van der Waals surface area contributed by atoms with Crippen molar-refractivity contribution in [2.24, 2.45) is 0 Å². The van der Waals surface area contributed by atoms with Gasteiger partial charge in [0.1, 0.15) is 0 Å². The summed E-state index contributed by atoms with van der Waals surface area (Å²) in [7, 11) is 0. The predicted molar refractivity (Wildman–Crippen MR) is 52.7 cm³/mol. The van der Waals surface area contributed by atoms with Gasteiger partial charge in [0.05, 0.1) is 18.4 Å². The number of hydrogen-bond donors (Lipinski definition) is 2. The summed E-state index contributed by atoms with van der Waals surface area (Å²) in [5, 5.41) is 12.9. The first kappa shape index (κ1) is 9.35. The summed E-state index contributed by atoms with van der Waals surface area (Å²) in [4.78, 5) is 15.4. The summed E-state index contributed by atoms with van der Waals surface area (Å²) < 4.78 is 0. The molecule has 0 radical (unpaired) electrons. The standard InChI is InChI=1S/C7H9N5OS/c13-6(5-3-14-4-9-5)11-7-8-1-2-10-12-7/h1-2,5,9H,3-4H2,(H,8,11,12,13). The van der Waals surface area contributed by atoms with Crippen LogP contribution in [-0.4, -0.2) is 38.8 Å². The third kappa shape index (κ3) is 2.18. The van der Waals surface area contributed by atoms with E-state index in [2.05, 4.69) is 25.8 Å². The van der Waals surface area contributed by atoms with Crippen LogP contribution in [-0.2, 0) is 4.79 Å². The van der Waals surface area contributed by atoms with E-state index < -0.39 is 0 Å². The lowest BCUT2D eigenvalue weighted by atomic mass is 10.3. The summed E-state index contributed by atoms with van der Waals surface area (Å²) in [6.07, 6.45) is 2.94. The van der Waals surface area contributed by atoms with Crippen molar-refractivity contribution >= 4 is 23.6 Å². The van der Waals surface area contributed by atoms with Crippen LogP contribution < -0.4 is 10.6 Å². The maximum Gasteiger partial charge on any atom is 0.249 e. The minimum absolute atomic E-state index is 0.108. The lowest BCUT2D eigenvalue weighted by molar-refractivity contribution is -0.117. The molecule has 0 bridgehead atoms. The summed E-state index contributed by atoms with van der Waals surface area (Å²) in [6, 6.07) is -0.149. The van der Waals surface area contributed by atoms with Crippen molar-refractivity contribution in [2.75, 3.05) is 16.9 Å². The molecule has 0 aliphatic carbocycles. The highest BCUT2D eigenvalue weighted by molar-refractivity contribution is 7.99. The van der Waals surface area contributed by atoms with Crippen LogP contribution in [0, 0.1) is 0 Å². The second-order valence-electron chi connectivity index (χ2n) is 2.73. The van der Waals surface area contributed by atoms with Crippen molar-refractivity contribution in [1.29, 1.82) is 0 Å². The molecule has 2 rings (SSSR count). The van der Waals surface area contributed by atoms with E-state index in [-0.39, 0.29) is 17.9 Å². The summed E-state index contributed by atoms with van der Waals surface area (Å²) in [6.45, 7) is 0. The SMILES string of the molecule is O=C(Nc1nccnn1)C1CSCN1. The largest absolute Gasteiger partial charge is 0.296 e. The van der Waals surface area contributed by atoms with E-state index in [0.717, 1.165) is 11.6 Å². The topological polar surface area (TPSA) is 79.8 Å². The third-order valence-corrected chi connectivity index (χ3v) is 2.69. The van der Waals surface area contributed by atoms with E-state index in [4.69, 9.17) is 0 Å². The van der Waals surface area contributed by atoms with E-state index >= 15 is 0 Å². The highest BCUT2D eigenvalue weighted by Crippen LogP contribution is 2.10. The molecule has 1 amide bonds. The van der Waals surface area contributed by atoms with Gasteiger partial charge in [0.15, 0.2) is 0 Å². The van der Waals surface area contributed by atoms with Gasteiger partial charge in [-0.15, -0.1) is 16.9 Å². The lowest BCUT2D eigenvalue weighted by Gasteiger charge is -2.07. The average molecular weight is 211 g/mol. The van der Waals surface area contributed by atoms with Crippen LogP contribution >= 0.6 is 11.8 Å². The molecular weight excluding hydrogens is 202 g/mol. The van der Waals surface area contributed by atoms with Crippen LogP contribution in [0.3, 0.4) is 0 Å². The number of hydrogen-bond acceptors (Lipinski definition) is 6. The Balaban J connectivity index is 1.94. The molecular formula is C7H9N5OS. The molecule has 1 atom stereocenters. The van der Waals surface area contributed by atoms with Crippen molar-refractivity contribution in [1.82, 2.24) is 20.5 Å². The summed E-state index contributed by atoms with van der Waals surface area (Å²) >= 11 is 1.69. The second-order valence-corrected chi connectivity index (χ2v) is 3.76. The number of thioether (sulfide) groups is 1. The first-order chi connectivity index (χ1) is 6.86. The Labute approximate surface area is 84.9 Å². The molecule has 74 valence electrons. The van der Waals surface area contributed by atoms with E-state index in [1.54, 1.807) is 11.8 Å². The van der Waals surface area contributed by atoms with Crippen LogP contribution in [0.5, 0.6) is 0 Å². The fraction of sp³-hybridized carbons (Fsp3) is 0.429. The number of aromatic nitrogens is 3. The number of rotatable bonds is 2. The molecule has 1 aliphatic rings. The Kier molecular flexibility index (Phi) is 2.90. The molecule has 0 spiro atoms. The van der Waals surface area contributed by atoms with E-state index in [9.17, 15) is 4.79 Å². The first-order valence-electron chi connectivity index (χ1n) is 4.12. The molecule has 1 aromatic heterocycles. The molecule has 0 saturated carbocycles. The molecule has 1 fully saturated rings. The Hall–Kier alpha value is -1.21. The first-order valence-corrected chi connectivity index (χ1v) is 5.27. The Morgan fingerprint density at radius 2 is 2.57 bits per heavy atom. The Bertz CT molecular complexity index is 313. The maximum absolute atomic E-state index is 11.5. The fourth-order valence-corrected chi connectivity index (χ4v) is 2.01. The molecule has 7 heteroatoms. The van der Waals surface area contributed by atoms with Gasteiger partial charge in [-0.1, -0.05) is 0 Å². The quantitative estimate of drug-likeness (QED) is 0.684. The zero-order valence-electron chi connectivity index (χ0n) is 7.30. The second kappa shape index (κ2) is 4.34. The molecule has 1 aromatic rings. The van der Waals surface area contributed by atoms with Gasteiger partial charge >= 0.3 is 0 Å². The van der Waals surface area contributed by atoms with Crippen molar-refractivity contribution in [3.05, 3.63) is 12.4 Å². The van der Waals surface area contributed by atoms with E-state index in [1.165, 1.54) is 12.4 Å². The number of amides is 1. The predicted octanol–water partition coefficient (Wildman–Crippen LogP) is -0.527. The number of anilines is 1. The van der Waals surface area contributed by atoms with Gasteiger partial charge in [0.2, 0.25) is 11.9 Å². The van der Waals surface area contributed by atoms with Crippen LogP contribution in [0.1, 0.15) is 0 Å². The Morgan fingerprint density at radius 3 is 3.21 bits per heavy atom. The molecule has 6 nitrogen and oxygen atoms in total. The van der Waals surface area contributed by atoms with Gasteiger partial charge in [-0.05, 0) is 0 Å². The molecule has 2 N–H and O–H groups in total. The highest BCUT2D eigenvalue weighted by Gasteiger charge is 2.22. The van der Waals surface area contributed by atoms with Crippen molar-refractivity contribution < 1.29 is 4.79 Å². The number of carbonyl (C=O) groups is 1. The lowest BCUT2D eigenvalue weighted by Crippen LogP contribution is -2.37. The van der Waals surface area contributed by atoms with Gasteiger partial charge in [0.25, 0.3) is 0 Å². The maximum atomic E-state index is 11.5. The van der Waals surface area contributed by atoms with Gasteiger partial charge in [-0.25, -0.2) is 4.98 Å². The number of nitrogens with zero attached hydrogens (tertiary/aromatic N) is 3. The molecule has 14 heavy (non-hydrogen) atoms. The molecule has 0 aromatic carbocycles. The average Bonchev–Trinajstić information content (AvgIpc) is 2.72. The summed E-state index contributed by atoms with van der Waals surface area (Å²) in [5.74, 6) is 1.73. The zero-order chi connectivity index (χ0) is 9.80. The highest BCUT2D eigenvalue weighted by atomic mass is 32.2. The fourth-order valence-electron chi connectivity index (χ4n) is 1.07. The van der Waals surface area contributed by atoms with Crippen LogP contribution in [0.25, 0.3) is 0 Å². The zero-order valence-corrected chi connectivity index (χ0v) is 8.12. The Morgan fingerprint density at radius 1 is 1.64 bits per heavy atom. The minimum atomic E-state index is -0.149. The van der Waals surface area contributed by atoms with Crippen molar-refractivity contribution in [3.8, 4) is 0 Å². The molecule has 1 unspecified atom stereocenters. The third-order valence-electron chi connectivity index (χ3n) is 1.75. The minimum Gasteiger partial charge on any atom is -0.296 e. The van der Waals surface area contributed by atoms with Crippen LogP contribution in [0.2, 0.25) is 0 Å². The van der Waals surface area contributed by atoms with Crippen molar-refractivity contribution in [2.45, 2.75) is 6.04 Å².